The maximum absolute atomic E-state index is 11.1. The highest BCUT2D eigenvalue weighted by molar-refractivity contribution is 7.86. The van der Waals surface area contributed by atoms with Gasteiger partial charge in [-0.2, -0.15) is 8.42 Å². The highest BCUT2D eigenvalue weighted by atomic mass is 32.2. The van der Waals surface area contributed by atoms with Crippen molar-refractivity contribution in [3.05, 3.63) is 65.7 Å². The summed E-state index contributed by atoms with van der Waals surface area (Å²) in [4.78, 5) is 11.0. The third-order valence-electron chi connectivity index (χ3n) is 3.80. The van der Waals surface area contributed by atoms with Crippen LogP contribution in [0, 0.1) is 0 Å². The molecule has 1 atom stereocenters. The van der Waals surface area contributed by atoms with Crippen LogP contribution in [-0.4, -0.2) is 45.5 Å². The van der Waals surface area contributed by atoms with Crippen LogP contribution in [0.4, 0.5) is 5.69 Å². The molecule has 0 unspecified atom stereocenters. The highest BCUT2D eigenvalue weighted by Gasteiger charge is 2.16. The number of benzene rings is 2. The smallest absolute Gasteiger partial charge is 0.333 e. The van der Waals surface area contributed by atoms with Crippen molar-refractivity contribution in [2.75, 3.05) is 25.2 Å². The molecule has 2 aromatic rings. The Kier molecular flexibility index (Phi) is 7.60. The van der Waals surface area contributed by atoms with Crippen molar-refractivity contribution >= 4 is 27.9 Å². The van der Waals surface area contributed by atoms with Gasteiger partial charge in [-0.1, -0.05) is 36.4 Å². The van der Waals surface area contributed by atoms with Crippen molar-refractivity contribution < 1.29 is 27.2 Å². The Balaban J connectivity index is 1.83. The molecule has 0 aromatic heterocycles. The van der Waals surface area contributed by atoms with Crippen molar-refractivity contribution in [1.82, 2.24) is 0 Å². The zero-order valence-electron chi connectivity index (χ0n) is 15.7. The molecule has 2 N–H and O–H groups in total. The largest absolute Gasteiger partial charge is 0.479 e. The Morgan fingerprint density at radius 1 is 1.14 bits per heavy atom. The quantitative estimate of drug-likeness (QED) is 0.586. The number of nitrogens with one attached hydrogen (secondary N) is 1. The van der Waals surface area contributed by atoms with E-state index in [0.717, 1.165) is 23.1 Å². The van der Waals surface area contributed by atoms with Gasteiger partial charge in [0.2, 0.25) is 0 Å². The fourth-order valence-electron chi connectivity index (χ4n) is 2.43. The first-order valence-electron chi connectivity index (χ1n) is 8.51. The van der Waals surface area contributed by atoms with Gasteiger partial charge in [-0.3, -0.25) is 0 Å². The summed E-state index contributed by atoms with van der Waals surface area (Å²) < 4.78 is 31.9. The lowest BCUT2D eigenvalue weighted by Crippen LogP contribution is -2.24. The fourth-order valence-corrected chi connectivity index (χ4v) is 2.89. The first-order valence-corrected chi connectivity index (χ1v) is 10.3. The Bertz CT molecular complexity index is 905. The van der Waals surface area contributed by atoms with Crippen molar-refractivity contribution in [3.63, 3.8) is 0 Å². The van der Waals surface area contributed by atoms with Crippen molar-refractivity contribution in [2.45, 2.75) is 12.5 Å². The number of rotatable bonds is 10. The summed E-state index contributed by atoms with van der Waals surface area (Å²) in [7, 11) is -2.14. The van der Waals surface area contributed by atoms with E-state index in [0.29, 0.717) is 13.0 Å². The molecular formula is C20H23NO6S. The number of hydrogen-bond acceptors (Lipinski definition) is 6. The third-order valence-corrected chi connectivity index (χ3v) is 4.29. The fraction of sp³-hybridized carbons (Fsp3) is 0.250. The average molecular weight is 405 g/mol. The van der Waals surface area contributed by atoms with Crippen LogP contribution in [0.25, 0.3) is 6.08 Å². The molecule has 0 aliphatic heterocycles. The standard InChI is InChI=1S/C20H23NO6S/c1-26-19(20(22)23)14-16-5-9-17(10-6-16)21-13-3-4-15-7-11-18(12-8-15)27-28(2,24)25/h3-12,19,21H,13-14H2,1-2H3,(H,22,23)/b4-3+/t19-/m1/s1. The van der Waals surface area contributed by atoms with Gasteiger partial charge in [0.25, 0.3) is 0 Å². The van der Waals surface area contributed by atoms with E-state index in [1.807, 2.05) is 36.4 Å². The molecule has 0 saturated carbocycles. The molecule has 0 spiro atoms. The van der Waals surface area contributed by atoms with Gasteiger partial charge in [-0.15, -0.1) is 0 Å². The van der Waals surface area contributed by atoms with E-state index in [4.69, 9.17) is 14.0 Å². The normalized spacial score (nSPS) is 12.6. The number of anilines is 1. The van der Waals surface area contributed by atoms with Gasteiger partial charge in [0, 0.05) is 25.8 Å². The van der Waals surface area contributed by atoms with Gasteiger partial charge in [-0.25, -0.2) is 4.79 Å². The second kappa shape index (κ2) is 9.91. The minimum absolute atomic E-state index is 0.275. The molecule has 0 heterocycles. The molecule has 7 nitrogen and oxygen atoms in total. The minimum Gasteiger partial charge on any atom is -0.479 e. The van der Waals surface area contributed by atoms with Crippen molar-refractivity contribution in [2.24, 2.45) is 0 Å². The average Bonchev–Trinajstić information content (AvgIpc) is 2.64. The number of methoxy groups -OCH3 is 1. The highest BCUT2D eigenvalue weighted by Crippen LogP contribution is 2.15. The maximum Gasteiger partial charge on any atom is 0.333 e. The summed E-state index contributed by atoms with van der Waals surface area (Å²) in [6, 6.07) is 14.2. The molecule has 0 aliphatic carbocycles. The first kappa shape index (κ1) is 21.5. The third kappa shape index (κ3) is 7.42. The molecule has 0 saturated heterocycles. The first-order chi connectivity index (χ1) is 13.3. The number of aliphatic carboxylic acids is 1. The topological polar surface area (TPSA) is 102 Å². The molecule has 0 amide bonds. The van der Waals surface area contributed by atoms with Crippen LogP contribution >= 0.6 is 0 Å². The number of hydrogen-bond donors (Lipinski definition) is 2. The van der Waals surface area contributed by atoms with Crippen molar-refractivity contribution in [1.29, 1.82) is 0 Å². The molecule has 2 aromatic carbocycles. The van der Waals surface area contributed by atoms with Crippen LogP contribution in [0.15, 0.2) is 54.6 Å². The van der Waals surface area contributed by atoms with E-state index in [1.165, 1.54) is 7.11 Å². The summed E-state index contributed by atoms with van der Waals surface area (Å²) in [5.41, 5.74) is 2.71. The number of carboxylic acids is 1. The molecular weight excluding hydrogens is 382 g/mol. The lowest BCUT2D eigenvalue weighted by Gasteiger charge is -2.11. The van der Waals surface area contributed by atoms with E-state index in [1.54, 1.807) is 24.3 Å². The Morgan fingerprint density at radius 2 is 1.79 bits per heavy atom. The van der Waals surface area contributed by atoms with Gasteiger partial charge in [-0.05, 0) is 35.4 Å². The van der Waals surface area contributed by atoms with E-state index < -0.39 is 22.2 Å². The van der Waals surface area contributed by atoms with E-state index in [2.05, 4.69) is 5.32 Å². The van der Waals surface area contributed by atoms with Gasteiger partial charge < -0.3 is 19.3 Å². The number of carboxylic acid groups (broad SMARTS) is 1. The van der Waals surface area contributed by atoms with Crippen LogP contribution in [0.1, 0.15) is 11.1 Å². The Morgan fingerprint density at radius 3 is 2.32 bits per heavy atom. The molecule has 28 heavy (non-hydrogen) atoms. The summed E-state index contributed by atoms with van der Waals surface area (Å²) >= 11 is 0. The number of ether oxygens (including phenoxy) is 1. The second-order valence-electron chi connectivity index (χ2n) is 6.10. The van der Waals surface area contributed by atoms with Crippen LogP contribution < -0.4 is 9.50 Å². The monoisotopic (exact) mass is 405 g/mol. The van der Waals surface area contributed by atoms with Crippen LogP contribution in [0.3, 0.4) is 0 Å². The molecule has 8 heteroatoms. The van der Waals surface area contributed by atoms with Crippen LogP contribution in [0.2, 0.25) is 0 Å². The van der Waals surface area contributed by atoms with E-state index >= 15 is 0 Å². The Labute approximate surface area is 164 Å². The summed E-state index contributed by atoms with van der Waals surface area (Å²) in [5, 5.41) is 12.2. The van der Waals surface area contributed by atoms with E-state index in [9.17, 15) is 13.2 Å². The van der Waals surface area contributed by atoms with Gasteiger partial charge in [0.1, 0.15) is 5.75 Å². The van der Waals surface area contributed by atoms with Gasteiger partial charge >= 0.3 is 16.1 Å². The molecule has 0 aliphatic rings. The van der Waals surface area contributed by atoms with Crippen molar-refractivity contribution in [3.8, 4) is 5.75 Å². The SMILES string of the molecule is CO[C@H](Cc1ccc(NC/C=C/c2ccc(OS(C)(=O)=O)cc2)cc1)C(=O)O. The molecule has 2 rings (SSSR count). The minimum atomic E-state index is -3.52. The number of carbonyl (C=O) groups is 1. The molecule has 0 fully saturated rings. The Hall–Kier alpha value is -2.84. The summed E-state index contributed by atoms with van der Waals surface area (Å²) in [5.74, 6) is -0.706. The lowest BCUT2D eigenvalue weighted by molar-refractivity contribution is -0.148. The zero-order valence-corrected chi connectivity index (χ0v) is 16.5. The molecule has 150 valence electrons. The van der Waals surface area contributed by atoms with Gasteiger partial charge in [0.15, 0.2) is 6.10 Å². The zero-order chi connectivity index (χ0) is 20.6. The molecule has 0 radical (unpaired) electrons. The van der Waals surface area contributed by atoms with E-state index in [-0.39, 0.29) is 5.75 Å². The summed E-state index contributed by atoms with van der Waals surface area (Å²) in [6.45, 7) is 0.594. The molecule has 0 bridgehead atoms. The predicted octanol–water partition coefficient (Wildman–Crippen LogP) is 2.79. The summed E-state index contributed by atoms with van der Waals surface area (Å²) in [6.07, 6.45) is 4.30. The predicted molar refractivity (Wildman–Crippen MR) is 108 cm³/mol. The second-order valence-corrected chi connectivity index (χ2v) is 7.68. The van der Waals surface area contributed by atoms with Gasteiger partial charge in [0.05, 0.1) is 6.26 Å². The lowest BCUT2D eigenvalue weighted by atomic mass is 10.1. The maximum atomic E-state index is 11.1. The van der Waals surface area contributed by atoms with Crippen LogP contribution in [0.5, 0.6) is 5.75 Å². The van der Waals surface area contributed by atoms with Crippen LogP contribution in [-0.2, 0) is 26.1 Å².